The summed E-state index contributed by atoms with van der Waals surface area (Å²) in [7, 11) is 2.08. The van der Waals surface area contributed by atoms with Crippen LogP contribution in [0, 0.1) is 0 Å². The quantitative estimate of drug-likeness (QED) is 0.288. The Morgan fingerprint density at radius 3 is 2.52 bits per heavy atom. The highest BCUT2D eigenvalue weighted by Crippen LogP contribution is 2.31. The number of anilines is 1. The lowest BCUT2D eigenvalue weighted by molar-refractivity contribution is -0.136. The zero-order valence-corrected chi connectivity index (χ0v) is 16.9. The maximum atomic E-state index is 12.9. The van der Waals surface area contributed by atoms with E-state index < -0.39 is 23.8 Å². The number of piperazine rings is 1. The Hall–Kier alpha value is -2.01. The van der Waals surface area contributed by atoms with Gasteiger partial charge in [0.05, 0.1) is 15.2 Å². The van der Waals surface area contributed by atoms with E-state index in [0.717, 1.165) is 30.2 Å². The first-order chi connectivity index (χ1) is 12.9. The number of halogens is 1. The van der Waals surface area contributed by atoms with E-state index in [2.05, 4.69) is 44.8 Å². The molecule has 2 fully saturated rings. The number of nitrogens with zero attached hydrogens (tertiary/aromatic N) is 3. The van der Waals surface area contributed by atoms with Crippen molar-refractivity contribution in [2.24, 2.45) is 0 Å². The molecule has 8 nitrogen and oxygen atoms in total. The minimum absolute atomic E-state index is 0.118. The Morgan fingerprint density at radius 2 is 1.81 bits per heavy atom. The van der Waals surface area contributed by atoms with Gasteiger partial charge >= 0.3 is 0 Å². The molecule has 4 amide bonds. The highest BCUT2D eigenvalue weighted by Gasteiger charge is 2.44. The van der Waals surface area contributed by atoms with Crippen LogP contribution < -0.4 is 10.2 Å². The van der Waals surface area contributed by atoms with Crippen molar-refractivity contribution in [2.45, 2.75) is 22.9 Å². The van der Waals surface area contributed by atoms with Crippen molar-refractivity contribution in [3.63, 3.8) is 0 Å². The van der Waals surface area contributed by atoms with E-state index in [4.69, 9.17) is 0 Å². The number of piperidine rings is 1. The highest BCUT2D eigenvalue weighted by molar-refractivity contribution is 14.1. The van der Waals surface area contributed by atoms with Gasteiger partial charge in [-0.25, -0.2) is 0 Å². The number of carbonyl (C=O) groups excluding carboxylic acids is 4. The van der Waals surface area contributed by atoms with Crippen molar-refractivity contribution >= 4 is 51.9 Å². The summed E-state index contributed by atoms with van der Waals surface area (Å²) in [6, 6.07) is 4.33. The highest BCUT2D eigenvalue weighted by atomic mass is 127. The Labute approximate surface area is 170 Å². The van der Waals surface area contributed by atoms with Crippen LogP contribution in [0.5, 0.6) is 0 Å². The third kappa shape index (κ3) is 3.12. The summed E-state index contributed by atoms with van der Waals surface area (Å²) in [4.78, 5) is 54.6. The Balaban J connectivity index is 1.60. The smallest absolute Gasteiger partial charge is 0.262 e. The molecule has 0 spiro atoms. The van der Waals surface area contributed by atoms with Crippen LogP contribution >= 0.6 is 22.6 Å². The van der Waals surface area contributed by atoms with E-state index in [1.807, 2.05) is 6.07 Å². The fourth-order valence-electron chi connectivity index (χ4n) is 3.72. The maximum Gasteiger partial charge on any atom is 0.262 e. The van der Waals surface area contributed by atoms with E-state index in [1.54, 1.807) is 12.1 Å². The number of likely N-dealkylation sites (N-methyl/N-ethyl adjacent to an activating group) is 1. The summed E-state index contributed by atoms with van der Waals surface area (Å²) in [6.07, 6.45) is 0.283. The lowest BCUT2D eigenvalue weighted by Gasteiger charge is -2.38. The van der Waals surface area contributed by atoms with Crippen LogP contribution in [0.15, 0.2) is 18.2 Å². The molecule has 0 saturated carbocycles. The molecule has 0 aliphatic carbocycles. The van der Waals surface area contributed by atoms with Crippen molar-refractivity contribution in [3.05, 3.63) is 29.3 Å². The predicted octanol–water partition coefficient (Wildman–Crippen LogP) is 0.601. The molecule has 1 aromatic rings. The summed E-state index contributed by atoms with van der Waals surface area (Å²) in [5, 5.41) is 2.21. The number of imide groups is 2. The Morgan fingerprint density at radius 1 is 1.07 bits per heavy atom. The van der Waals surface area contributed by atoms with Gasteiger partial charge in [0.15, 0.2) is 0 Å². The topological polar surface area (TPSA) is 90.0 Å². The first kappa shape index (κ1) is 18.4. The number of carbonyl (C=O) groups is 4. The normalized spacial score (nSPS) is 26.4. The SMILES string of the molecule is CN1CCN(c2ccc3c(c2)C(=O)N(C2CCC(=O)NC2=O)C3=O)CC1I. The molecule has 3 heterocycles. The minimum atomic E-state index is -0.930. The van der Waals surface area contributed by atoms with Gasteiger partial charge in [-0.05, 0) is 31.7 Å². The molecule has 4 rings (SSSR count). The average Bonchev–Trinajstić information content (AvgIpc) is 2.88. The fourth-order valence-corrected chi connectivity index (χ4v) is 4.48. The van der Waals surface area contributed by atoms with Crippen LogP contribution in [-0.4, -0.2) is 70.2 Å². The average molecular weight is 482 g/mol. The van der Waals surface area contributed by atoms with Crippen LogP contribution in [0.25, 0.3) is 0 Å². The first-order valence-corrected chi connectivity index (χ1v) is 10.1. The number of amides is 4. The molecular weight excluding hydrogens is 463 g/mol. The third-order valence-corrected chi connectivity index (χ3v) is 6.71. The van der Waals surface area contributed by atoms with Crippen molar-refractivity contribution in [1.29, 1.82) is 0 Å². The van der Waals surface area contributed by atoms with Gasteiger partial charge in [-0.3, -0.25) is 34.3 Å². The van der Waals surface area contributed by atoms with E-state index >= 15 is 0 Å². The monoisotopic (exact) mass is 482 g/mol. The summed E-state index contributed by atoms with van der Waals surface area (Å²) >= 11 is 2.39. The number of rotatable bonds is 2. The van der Waals surface area contributed by atoms with Crippen LogP contribution in [0.4, 0.5) is 5.69 Å². The molecule has 142 valence electrons. The first-order valence-electron chi connectivity index (χ1n) is 8.81. The summed E-state index contributed by atoms with van der Waals surface area (Å²) in [6.45, 7) is 2.59. The number of benzene rings is 1. The molecule has 27 heavy (non-hydrogen) atoms. The van der Waals surface area contributed by atoms with Gasteiger partial charge in [0, 0.05) is 31.7 Å². The van der Waals surface area contributed by atoms with E-state index in [1.165, 1.54) is 0 Å². The number of hydrogen-bond acceptors (Lipinski definition) is 6. The van der Waals surface area contributed by atoms with Crippen molar-refractivity contribution in [3.8, 4) is 0 Å². The molecule has 2 atom stereocenters. The molecule has 3 aliphatic rings. The zero-order chi connectivity index (χ0) is 19.3. The molecule has 1 N–H and O–H groups in total. The summed E-state index contributed by atoms with van der Waals surface area (Å²) < 4.78 is 0.363. The van der Waals surface area contributed by atoms with Gasteiger partial charge in [-0.2, -0.15) is 0 Å². The lowest BCUT2D eigenvalue weighted by atomic mass is 10.0. The number of alkyl halides is 1. The van der Waals surface area contributed by atoms with Crippen LogP contribution in [-0.2, 0) is 9.59 Å². The number of nitrogens with one attached hydrogen (secondary N) is 1. The molecule has 3 aliphatic heterocycles. The lowest BCUT2D eigenvalue weighted by Crippen LogP contribution is -2.54. The largest absolute Gasteiger partial charge is 0.368 e. The fraction of sp³-hybridized carbons (Fsp3) is 0.444. The standard InChI is InChI=1S/C18H19IN4O4/c1-21-6-7-22(9-14(21)19)10-2-3-11-12(8-10)18(27)23(17(11)26)13-4-5-15(24)20-16(13)25/h2-3,8,13-14H,4-7,9H2,1H3,(H,20,24,25). The van der Waals surface area contributed by atoms with Crippen molar-refractivity contribution in [1.82, 2.24) is 15.1 Å². The van der Waals surface area contributed by atoms with E-state index in [9.17, 15) is 19.2 Å². The van der Waals surface area contributed by atoms with Gasteiger partial charge in [0.1, 0.15) is 6.04 Å². The summed E-state index contributed by atoms with van der Waals surface area (Å²) in [5.74, 6) is -1.90. The second kappa shape index (κ2) is 6.86. The second-order valence-electron chi connectivity index (χ2n) is 7.04. The minimum Gasteiger partial charge on any atom is -0.368 e. The van der Waals surface area contributed by atoms with Gasteiger partial charge < -0.3 is 4.90 Å². The zero-order valence-electron chi connectivity index (χ0n) is 14.8. The molecular formula is C18H19IN4O4. The van der Waals surface area contributed by atoms with Gasteiger partial charge in [0.25, 0.3) is 11.8 Å². The van der Waals surface area contributed by atoms with E-state index in [0.29, 0.717) is 15.2 Å². The molecule has 2 saturated heterocycles. The van der Waals surface area contributed by atoms with Crippen LogP contribution in [0.1, 0.15) is 33.6 Å². The van der Waals surface area contributed by atoms with Crippen LogP contribution in [0.3, 0.4) is 0 Å². The Kier molecular flexibility index (Phi) is 4.66. The molecule has 1 aromatic carbocycles. The van der Waals surface area contributed by atoms with Gasteiger partial charge in [0.2, 0.25) is 11.8 Å². The van der Waals surface area contributed by atoms with Crippen LogP contribution in [0.2, 0.25) is 0 Å². The van der Waals surface area contributed by atoms with Crippen molar-refractivity contribution < 1.29 is 19.2 Å². The number of fused-ring (bicyclic) bond motifs is 1. The summed E-state index contributed by atoms with van der Waals surface area (Å²) in [5.41, 5.74) is 1.54. The third-order valence-electron chi connectivity index (χ3n) is 5.36. The van der Waals surface area contributed by atoms with E-state index in [-0.39, 0.29) is 18.7 Å². The molecule has 0 radical (unpaired) electrons. The van der Waals surface area contributed by atoms with Gasteiger partial charge in [-0.15, -0.1) is 0 Å². The van der Waals surface area contributed by atoms with Crippen molar-refractivity contribution in [2.75, 3.05) is 31.6 Å². The molecule has 0 bridgehead atoms. The molecule has 2 unspecified atom stereocenters. The Bertz CT molecular complexity index is 858. The second-order valence-corrected chi connectivity index (χ2v) is 8.48. The van der Waals surface area contributed by atoms with Gasteiger partial charge in [-0.1, -0.05) is 22.6 Å². The molecule has 9 heteroatoms. The predicted molar refractivity (Wildman–Crippen MR) is 106 cm³/mol. The molecule has 0 aromatic heterocycles. The number of hydrogen-bond donors (Lipinski definition) is 1. The maximum absolute atomic E-state index is 12.9.